The number of nitrogens with one attached hydrogen (secondary N) is 1. The Balaban J connectivity index is 2.13. The van der Waals surface area contributed by atoms with Gasteiger partial charge in [0.15, 0.2) is 0 Å². The highest BCUT2D eigenvalue weighted by atomic mass is 35.5. The summed E-state index contributed by atoms with van der Waals surface area (Å²) >= 11 is 6.19. The molecule has 0 saturated heterocycles. The molecule has 0 aliphatic heterocycles. The van der Waals surface area contributed by atoms with Crippen LogP contribution >= 0.6 is 23.4 Å². The van der Waals surface area contributed by atoms with E-state index in [1.807, 2.05) is 19.1 Å². The minimum Gasteiger partial charge on any atom is -0.345 e. The van der Waals surface area contributed by atoms with Crippen molar-refractivity contribution < 1.29 is 13.6 Å². The number of alkyl halides is 2. The molecular formula is C16H14ClF2NOS. The van der Waals surface area contributed by atoms with Gasteiger partial charge in [0.2, 0.25) is 0 Å². The number of carbonyl (C=O) groups excluding carboxylic acids is 1. The van der Waals surface area contributed by atoms with Crippen LogP contribution in [0.25, 0.3) is 0 Å². The average Bonchev–Trinajstić information content (AvgIpc) is 2.47. The highest BCUT2D eigenvalue weighted by Crippen LogP contribution is 2.28. The SMILES string of the molecule is CC(NC(=O)c1ccccc1SC(F)F)c1ccc(Cl)cc1. The van der Waals surface area contributed by atoms with Crippen LogP contribution in [-0.4, -0.2) is 11.7 Å². The molecule has 0 aliphatic carbocycles. The third kappa shape index (κ3) is 4.45. The minimum absolute atomic E-state index is 0.244. The van der Waals surface area contributed by atoms with Crippen molar-refractivity contribution in [1.29, 1.82) is 0 Å². The molecular weight excluding hydrogens is 328 g/mol. The summed E-state index contributed by atoms with van der Waals surface area (Å²) in [6, 6.07) is 13.2. The number of amides is 1. The van der Waals surface area contributed by atoms with Gasteiger partial charge in [0, 0.05) is 9.92 Å². The lowest BCUT2D eigenvalue weighted by Gasteiger charge is -2.16. The molecule has 1 atom stereocenters. The molecule has 0 fully saturated rings. The van der Waals surface area contributed by atoms with Crippen molar-refractivity contribution in [2.24, 2.45) is 0 Å². The van der Waals surface area contributed by atoms with Gasteiger partial charge in [-0.3, -0.25) is 4.79 Å². The second kappa shape index (κ2) is 7.61. The van der Waals surface area contributed by atoms with E-state index < -0.39 is 5.76 Å². The highest BCUT2D eigenvalue weighted by molar-refractivity contribution is 7.99. The number of halogens is 3. The lowest BCUT2D eigenvalue weighted by Crippen LogP contribution is -2.27. The lowest BCUT2D eigenvalue weighted by atomic mass is 10.1. The van der Waals surface area contributed by atoms with E-state index in [0.29, 0.717) is 16.8 Å². The molecule has 0 spiro atoms. The van der Waals surface area contributed by atoms with Crippen LogP contribution in [0.2, 0.25) is 5.02 Å². The zero-order chi connectivity index (χ0) is 16.1. The summed E-state index contributed by atoms with van der Waals surface area (Å²) in [7, 11) is 0. The van der Waals surface area contributed by atoms with Gasteiger partial charge in [0.1, 0.15) is 0 Å². The maximum atomic E-state index is 12.5. The molecule has 2 aromatic rings. The number of rotatable bonds is 5. The molecule has 2 nitrogen and oxygen atoms in total. The first kappa shape index (κ1) is 16.8. The Kier molecular flexibility index (Phi) is 5.80. The van der Waals surface area contributed by atoms with E-state index in [-0.39, 0.29) is 22.4 Å². The molecule has 0 aliphatic rings. The summed E-state index contributed by atoms with van der Waals surface area (Å²) in [5.41, 5.74) is 1.13. The smallest absolute Gasteiger partial charge is 0.288 e. The predicted molar refractivity (Wildman–Crippen MR) is 85.6 cm³/mol. The van der Waals surface area contributed by atoms with Crippen molar-refractivity contribution in [3.05, 3.63) is 64.7 Å². The van der Waals surface area contributed by atoms with Gasteiger partial charge < -0.3 is 5.32 Å². The zero-order valence-corrected chi connectivity index (χ0v) is 13.3. The Hall–Kier alpha value is -1.59. The zero-order valence-electron chi connectivity index (χ0n) is 11.7. The van der Waals surface area contributed by atoms with Crippen LogP contribution in [0.15, 0.2) is 53.4 Å². The van der Waals surface area contributed by atoms with Crippen LogP contribution in [0.1, 0.15) is 28.9 Å². The first-order valence-corrected chi connectivity index (χ1v) is 7.83. The second-order valence-electron chi connectivity index (χ2n) is 4.62. The summed E-state index contributed by atoms with van der Waals surface area (Å²) in [5.74, 6) is -2.95. The van der Waals surface area contributed by atoms with Crippen molar-refractivity contribution in [2.45, 2.75) is 23.6 Å². The summed E-state index contributed by atoms with van der Waals surface area (Å²) in [6.07, 6.45) is 0. The van der Waals surface area contributed by atoms with Crippen LogP contribution in [-0.2, 0) is 0 Å². The third-order valence-corrected chi connectivity index (χ3v) is 4.11. The quantitative estimate of drug-likeness (QED) is 0.762. The molecule has 2 aromatic carbocycles. The minimum atomic E-state index is -2.57. The predicted octanol–water partition coefficient (Wildman–Crippen LogP) is 5.15. The molecule has 6 heteroatoms. The van der Waals surface area contributed by atoms with Gasteiger partial charge in [-0.2, -0.15) is 8.78 Å². The fraction of sp³-hybridized carbons (Fsp3) is 0.188. The molecule has 1 amide bonds. The van der Waals surface area contributed by atoms with E-state index in [2.05, 4.69) is 5.32 Å². The summed E-state index contributed by atoms with van der Waals surface area (Å²) in [6.45, 7) is 1.82. The Morgan fingerprint density at radius 1 is 1.14 bits per heavy atom. The Labute approximate surface area is 136 Å². The van der Waals surface area contributed by atoms with E-state index in [1.165, 1.54) is 12.1 Å². The summed E-state index contributed by atoms with van der Waals surface area (Å²) in [5, 5.41) is 3.42. The lowest BCUT2D eigenvalue weighted by molar-refractivity contribution is 0.0937. The van der Waals surface area contributed by atoms with E-state index in [9.17, 15) is 13.6 Å². The maximum Gasteiger partial charge on any atom is 0.288 e. The number of benzene rings is 2. The van der Waals surface area contributed by atoms with Crippen molar-refractivity contribution in [2.75, 3.05) is 0 Å². The van der Waals surface area contributed by atoms with Crippen LogP contribution in [0, 0.1) is 0 Å². The molecule has 1 N–H and O–H groups in total. The molecule has 0 radical (unpaired) electrons. The topological polar surface area (TPSA) is 29.1 Å². The second-order valence-corrected chi connectivity index (χ2v) is 6.09. The Morgan fingerprint density at radius 2 is 1.77 bits per heavy atom. The van der Waals surface area contributed by atoms with E-state index >= 15 is 0 Å². The third-order valence-electron chi connectivity index (χ3n) is 3.07. The monoisotopic (exact) mass is 341 g/mol. The van der Waals surface area contributed by atoms with Gasteiger partial charge in [0.05, 0.1) is 11.6 Å². The number of hydrogen-bond acceptors (Lipinski definition) is 2. The average molecular weight is 342 g/mol. The summed E-state index contributed by atoms with van der Waals surface area (Å²) in [4.78, 5) is 12.6. The van der Waals surface area contributed by atoms with Gasteiger partial charge in [-0.15, -0.1) is 0 Å². The van der Waals surface area contributed by atoms with Crippen molar-refractivity contribution in [3.8, 4) is 0 Å². The van der Waals surface area contributed by atoms with Crippen LogP contribution in [0.4, 0.5) is 8.78 Å². The van der Waals surface area contributed by atoms with Crippen LogP contribution in [0.3, 0.4) is 0 Å². The van der Waals surface area contributed by atoms with Crippen LogP contribution < -0.4 is 5.32 Å². The maximum absolute atomic E-state index is 12.5. The number of carbonyl (C=O) groups is 1. The Bertz CT molecular complexity index is 649. The molecule has 1 unspecified atom stereocenters. The standard InChI is InChI=1S/C16H14ClF2NOS/c1-10(11-6-8-12(17)9-7-11)20-15(21)13-4-2-3-5-14(13)22-16(18)19/h2-10,16H,1H3,(H,20,21). The molecule has 0 aromatic heterocycles. The van der Waals surface area contributed by atoms with Gasteiger partial charge in [-0.05, 0) is 36.8 Å². The largest absolute Gasteiger partial charge is 0.345 e. The Morgan fingerprint density at radius 3 is 2.41 bits per heavy atom. The van der Waals surface area contributed by atoms with Crippen molar-refractivity contribution >= 4 is 29.3 Å². The van der Waals surface area contributed by atoms with Gasteiger partial charge >= 0.3 is 0 Å². The first-order chi connectivity index (χ1) is 10.5. The van der Waals surface area contributed by atoms with Crippen LogP contribution in [0.5, 0.6) is 0 Å². The number of thioether (sulfide) groups is 1. The highest BCUT2D eigenvalue weighted by Gasteiger charge is 2.17. The van der Waals surface area contributed by atoms with E-state index in [4.69, 9.17) is 11.6 Å². The van der Waals surface area contributed by atoms with Gasteiger partial charge in [-0.1, -0.05) is 47.6 Å². The van der Waals surface area contributed by atoms with E-state index in [1.54, 1.807) is 24.3 Å². The van der Waals surface area contributed by atoms with Gasteiger partial charge in [-0.25, -0.2) is 0 Å². The van der Waals surface area contributed by atoms with Crippen molar-refractivity contribution in [1.82, 2.24) is 5.32 Å². The normalized spacial score (nSPS) is 12.2. The number of hydrogen-bond donors (Lipinski definition) is 1. The van der Waals surface area contributed by atoms with Crippen molar-refractivity contribution in [3.63, 3.8) is 0 Å². The fourth-order valence-corrected chi connectivity index (χ4v) is 2.72. The summed E-state index contributed by atoms with van der Waals surface area (Å²) < 4.78 is 25.1. The molecule has 22 heavy (non-hydrogen) atoms. The first-order valence-electron chi connectivity index (χ1n) is 6.57. The fourth-order valence-electron chi connectivity index (χ4n) is 1.96. The van der Waals surface area contributed by atoms with E-state index in [0.717, 1.165) is 5.56 Å². The molecule has 2 rings (SSSR count). The molecule has 0 saturated carbocycles. The molecule has 0 heterocycles. The molecule has 0 bridgehead atoms. The molecule has 116 valence electrons. The van der Waals surface area contributed by atoms with Gasteiger partial charge in [0.25, 0.3) is 11.7 Å².